The number of aryl methyl sites for hydroxylation is 2. The van der Waals surface area contributed by atoms with Crippen molar-refractivity contribution in [1.82, 2.24) is 5.32 Å². The molecule has 0 aromatic heterocycles. The molecular formula is C19H31NO2. The number of nitrogens with one attached hydrogen (secondary N) is 1. The van der Waals surface area contributed by atoms with Gasteiger partial charge in [-0.15, -0.1) is 0 Å². The number of carbonyl (C=O) groups is 1. The summed E-state index contributed by atoms with van der Waals surface area (Å²) in [7, 11) is 0. The van der Waals surface area contributed by atoms with Crippen LogP contribution in [0.1, 0.15) is 59.1 Å². The second kappa shape index (κ2) is 6.72. The van der Waals surface area contributed by atoms with Crippen LogP contribution in [0.2, 0.25) is 0 Å². The lowest BCUT2D eigenvalue weighted by Gasteiger charge is -2.34. The van der Waals surface area contributed by atoms with Gasteiger partial charge in [0.25, 0.3) is 5.91 Å². The molecule has 0 aliphatic rings. The highest BCUT2D eigenvalue weighted by molar-refractivity contribution is 5.81. The van der Waals surface area contributed by atoms with E-state index >= 15 is 0 Å². The average Bonchev–Trinajstić information content (AvgIpc) is 2.22. The van der Waals surface area contributed by atoms with Crippen LogP contribution in [-0.2, 0) is 4.79 Å². The van der Waals surface area contributed by atoms with Crippen molar-refractivity contribution in [2.24, 2.45) is 5.41 Å². The second-order valence-electron chi connectivity index (χ2n) is 8.19. The minimum absolute atomic E-state index is 0.0755. The van der Waals surface area contributed by atoms with Gasteiger partial charge in [-0.1, -0.05) is 26.8 Å². The molecule has 22 heavy (non-hydrogen) atoms. The summed E-state index contributed by atoms with van der Waals surface area (Å²) in [6.07, 6.45) is 0.391. The second-order valence-corrected chi connectivity index (χ2v) is 8.19. The van der Waals surface area contributed by atoms with E-state index < -0.39 is 6.10 Å². The summed E-state index contributed by atoms with van der Waals surface area (Å²) >= 11 is 0. The van der Waals surface area contributed by atoms with Gasteiger partial charge in [-0.2, -0.15) is 0 Å². The van der Waals surface area contributed by atoms with E-state index in [2.05, 4.69) is 46.0 Å². The highest BCUT2D eigenvalue weighted by atomic mass is 16.5. The molecule has 1 aromatic carbocycles. The van der Waals surface area contributed by atoms with E-state index in [0.717, 1.165) is 23.3 Å². The molecule has 3 heteroatoms. The van der Waals surface area contributed by atoms with E-state index in [1.54, 1.807) is 6.92 Å². The number of ether oxygens (including phenoxy) is 1. The van der Waals surface area contributed by atoms with Crippen molar-refractivity contribution in [2.45, 2.75) is 73.5 Å². The summed E-state index contributed by atoms with van der Waals surface area (Å²) in [4.78, 5) is 12.4. The third-order valence-electron chi connectivity index (χ3n) is 3.31. The number of hydrogen-bond acceptors (Lipinski definition) is 2. The topological polar surface area (TPSA) is 38.3 Å². The van der Waals surface area contributed by atoms with Crippen LogP contribution in [0.5, 0.6) is 5.75 Å². The van der Waals surface area contributed by atoms with Crippen LogP contribution >= 0.6 is 0 Å². The van der Waals surface area contributed by atoms with Gasteiger partial charge in [0, 0.05) is 5.54 Å². The standard InChI is InChI=1S/C19H31NO2/c1-13-9-14(2)11-16(10-13)22-15(3)17(21)20-19(7,8)12-18(4,5)6/h9-11,15H,12H2,1-8H3,(H,20,21)/t15-/m0/s1. The highest BCUT2D eigenvalue weighted by Crippen LogP contribution is 2.27. The predicted molar refractivity (Wildman–Crippen MR) is 92.3 cm³/mol. The SMILES string of the molecule is Cc1cc(C)cc(O[C@@H](C)C(=O)NC(C)(C)CC(C)(C)C)c1. The molecule has 0 radical (unpaired) electrons. The lowest BCUT2D eigenvalue weighted by atomic mass is 9.81. The average molecular weight is 305 g/mol. The van der Waals surface area contributed by atoms with Crippen LogP contribution in [0.3, 0.4) is 0 Å². The van der Waals surface area contributed by atoms with Crippen LogP contribution in [-0.4, -0.2) is 17.6 Å². The van der Waals surface area contributed by atoms with Gasteiger partial charge >= 0.3 is 0 Å². The highest BCUT2D eigenvalue weighted by Gasteiger charge is 2.29. The largest absolute Gasteiger partial charge is 0.481 e. The number of rotatable bonds is 5. The zero-order valence-corrected chi connectivity index (χ0v) is 15.3. The summed E-state index contributed by atoms with van der Waals surface area (Å²) < 4.78 is 5.80. The van der Waals surface area contributed by atoms with Crippen molar-refractivity contribution < 1.29 is 9.53 Å². The van der Waals surface area contributed by atoms with E-state index in [9.17, 15) is 4.79 Å². The summed E-state index contributed by atoms with van der Waals surface area (Å²) in [5.41, 5.74) is 2.18. The molecule has 0 heterocycles. The maximum Gasteiger partial charge on any atom is 0.261 e. The van der Waals surface area contributed by atoms with Gasteiger partial charge < -0.3 is 10.1 Å². The van der Waals surface area contributed by atoms with Gasteiger partial charge in [0.05, 0.1) is 0 Å². The van der Waals surface area contributed by atoms with Crippen LogP contribution in [0.25, 0.3) is 0 Å². The first-order valence-corrected chi connectivity index (χ1v) is 7.95. The molecule has 3 nitrogen and oxygen atoms in total. The van der Waals surface area contributed by atoms with Gasteiger partial charge in [0.1, 0.15) is 5.75 Å². The number of carbonyl (C=O) groups excluding carboxylic acids is 1. The summed E-state index contributed by atoms with van der Waals surface area (Å²) in [5, 5.41) is 3.10. The zero-order valence-electron chi connectivity index (χ0n) is 15.3. The fourth-order valence-electron chi connectivity index (χ4n) is 3.06. The minimum Gasteiger partial charge on any atom is -0.481 e. The molecule has 0 unspecified atom stereocenters. The van der Waals surface area contributed by atoms with Crippen LogP contribution < -0.4 is 10.1 Å². The Balaban J connectivity index is 2.69. The van der Waals surface area contributed by atoms with E-state index in [1.165, 1.54) is 0 Å². The van der Waals surface area contributed by atoms with E-state index in [1.807, 2.05) is 26.0 Å². The Labute approximate surface area is 135 Å². The molecule has 0 saturated carbocycles. The molecule has 0 spiro atoms. The lowest BCUT2D eigenvalue weighted by Crippen LogP contribution is -2.50. The van der Waals surface area contributed by atoms with Gasteiger partial charge in [0.15, 0.2) is 6.10 Å². The summed E-state index contributed by atoms with van der Waals surface area (Å²) in [6.45, 7) is 16.5. The minimum atomic E-state index is -0.513. The maximum absolute atomic E-state index is 12.4. The Kier molecular flexibility index (Phi) is 5.66. The molecule has 0 saturated heterocycles. The molecule has 0 aliphatic heterocycles. The molecule has 1 amide bonds. The van der Waals surface area contributed by atoms with Crippen LogP contribution in [0.4, 0.5) is 0 Å². The Hall–Kier alpha value is -1.51. The normalized spacial score (nSPS) is 13.6. The molecule has 1 aromatic rings. The summed E-state index contributed by atoms with van der Waals surface area (Å²) in [6, 6.07) is 6.00. The molecule has 1 atom stereocenters. The Bertz CT molecular complexity index is 506. The Morgan fingerprint density at radius 1 is 1.09 bits per heavy atom. The smallest absolute Gasteiger partial charge is 0.261 e. The van der Waals surface area contributed by atoms with Gasteiger partial charge in [-0.3, -0.25) is 4.79 Å². The monoisotopic (exact) mass is 305 g/mol. The lowest BCUT2D eigenvalue weighted by molar-refractivity contribution is -0.129. The third kappa shape index (κ3) is 6.50. The van der Waals surface area contributed by atoms with E-state index in [0.29, 0.717) is 0 Å². The quantitative estimate of drug-likeness (QED) is 0.875. The fourth-order valence-corrected chi connectivity index (χ4v) is 3.06. The number of benzene rings is 1. The molecule has 0 aliphatic carbocycles. The zero-order chi connectivity index (χ0) is 17.1. The van der Waals surface area contributed by atoms with E-state index in [-0.39, 0.29) is 16.9 Å². The predicted octanol–water partition coefficient (Wildman–Crippen LogP) is 4.40. The van der Waals surface area contributed by atoms with Crippen LogP contribution in [0, 0.1) is 19.3 Å². The van der Waals surface area contributed by atoms with Gasteiger partial charge in [-0.25, -0.2) is 0 Å². The Morgan fingerprint density at radius 2 is 1.59 bits per heavy atom. The third-order valence-corrected chi connectivity index (χ3v) is 3.31. The molecule has 124 valence electrons. The first kappa shape index (κ1) is 18.5. The fraction of sp³-hybridized carbons (Fsp3) is 0.632. The van der Waals surface area contributed by atoms with Crippen molar-refractivity contribution in [3.8, 4) is 5.75 Å². The van der Waals surface area contributed by atoms with Crippen molar-refractivity contribution in [3.63, 3.8) is 0 Å². The molecule has 0 fully saturated rings. The van der Waals surface area contributed by atoms with Gasteiger partial charge in [-0.05, 0) is 69.7 Å². The van der Waals surface area contributed by atoms with Gasteiger partial charge in [0.2, 0.25) is 0 Å². The number of hydrogen-bond donors (Lipinski definition) is 1. The first-order valence-electron chi connectivity index (χ1n) is 7.95. The van der Waals surface area contributed by atoms with Crippen molar-refractivity contribution in [3.05, 3.63) is 29.3 Å². The van der Waals surface area contributed by atoms with Crippen LogP contribution in [0.15, 0.2) is 18.2 Å². The van der Waals surface area contributed by atoms with Crippen molar-refractivity contribution in [1.29, 1.82) is 0 Å². The molecule has 0 bridgehead atoms. The van der Waals surface area contributed by atoms with E-state index in [4.69, 9.17) is 4.74 Å². The Morgan fingerprint density at radius 3 is 2.05 bits per heavy atom. The number of amides is 1. The maximum atomic E-state index is 12.4. The van der Waals surface area contributed by atoms with Crippen molar-refractivity contribution >= 4 is 5.91 Å². The summed E-state index contributed by atoms with van der Waals surface area (Å²) in [5.74, 6) is 0.669. The first-order chi connectivity index (χ1) is 9.88. The molecule has 1 rings (SSSR count). The molecular weight excluding hydrogens is 274 g/mol. The molecule has 1 N–H and O–H groups in total. The van der Waals surface area contributed by atoms with Crippen molar-refractivity contribution in [2.75, 3.05) is 0 Å².